The highest BCUT2D eigenvalue weighted by atomic mass is 19.4. The topological polar surface area (TPSA) is 80.9 Å². The summed E-state index contributed by atoms with van der Waals surface area (Å²) in [6.45, 7) is -0.936. The highest BCUT2D eigenvalue weighted by molar-refractivity contribution is 4.91. The van der Waals surface area contributed by atoms with E-state index in [0.29, 0.717) is 0 Å². The number of halogens is 4. The van der Waals surface area contributed by atoms with Crippen LogP contribution in [0.1, 0.15) is 6.04 Å². The minimum Gasteiger partial charge on any atom is -0.328 e. The SMILES string of the molecule is NCC(n1cc(F)c(=O)[nH]c1=O)C(F)(F)F. The van der Waals surface area contributed by atoms with Crippen molar-refractivity contribution in [3.8, 4) is 0 Å². The van der Waals surface area contributed by atoms with Gasteiger partial charge in [0, 0.05) is 6.54 Å². The molecule has 0 fully saturated rings. The molecule has 1 aromatic heterocycles. The van der Waals surface area contributed by atoms with Gasteiger partial charge in [-0.3, -0.25) is 14.3 Å². The third-order valence-corrected chi connectivity index (χ3v) is 1.86. The summed E-state index contributed by atoms with van der Waals surface area (Å²) < 4.78 is 49.8. The molecule has 1 rings (SSSR count). The van der Waals surface area contributed by atoms with Gasteiger partial charge < -0.3 is 5.73 Å². The van der Waals surface area contributed by atoms with E-state index in [4.69, 9.17) is 5.73 Å². The molecule has 0 aromatic carbocycles. The van der Waals surface area contributed by atoms with E-state index in [-0.39, 0.29) is 10.8 Å². The lowest BCUT2D eigenvalue weighted by Gasteiger charge is -2.20. The van der Waals surface area contributed by atoms with Gasteiger partial charge in [-0.05, 0) is 0 Å². The Kier molecular flexibility index (Phi) is 3.17. The molecule has 90 valence electrons. The second-order valence-corrected chi connectivity index (χ2v) is 2.94. The molecule has 0 saturated carbocycles. The fraction of sp³-hybridized carbons (Fsp3) is 0.429. The summed E-state index contributed by atoms with van der Waals surface area (Å²) in [6, 6.07) is -2.37. The van der Waals surface area contributed by atoms with Crippen molar-refractivity contribution >= 4 is 0 Å². The zero-order valence-electron chi connectivity index (χ0n) is 7.71. The fourth-order valence-electron chi connectivity index (χ4n) is 1.10. The molecule has 0 saturated heterocycles. The van der Waals surface area contributed by atoms with Crippen LogP contribution in [0.3, 0.4) is 0 Å². The van der Waals surface area contributed by atoms with Crippen LogP contribution < -0.4 is 17.0 Å². The molecule has 16 heavy (non-hydrogen) atoms. The molecular formula is C7H7F4N3O2. The van der Waals surface area contributed by atoms with Gasteiger partial charge in [0.05, 0.1) is 6.20 Å². The number of hydrogen-bond acceptors (Lipinski definition) is 3. The second kappa shape index (κ2) is 4.08. The summed E-state index contributed by atoms with van der Waals surface area (Å²) in [7, 11) is 0. The summed E-state index contributed by atoms with van der Waals surface area (Å²) in [6.07, 6.45) is -4.62. The standard InChI is InChI=1S/C7H7F4N3O2/c8-3-2-14(6(16)13-5(3)15)4(1-12)7(9,10)11/h2,4H,1,12H2,(H,13,15,16). The normalized spacial score (nSPS) is 13.8. The maximum Gasteiger partial charge on any atom is 0.410 e. The van der Waals surface area contributed by atoms with Crippen LogP contribution in [0.2, 0.25) is 0 Å². The number of rotatable bonds is 2. The molecule has 0 spiro atoms. The number of hydrogen-bond donors (Lipinski definition) is 2. The van der Waals surface area contributed by atoms with Crippen molar-refractivity contribution in [2.24, 2.45) is 5.73 Å². The van der Waals surface area contributed by atoms with E-state index in [1.807, 2.05) is 0 Å². The van der Waals surface area contributed by atoms with Crippen molar-refractivity contribution in [2.45, 2.75) is 12.2 Å². The van der Waals surface area contributed by atoms with Gasteiger partial charge in [-0.2, -0.15) is 17.6 Å². The van der Waals surface area contributed by atoms with Crippen molar-refractivity contribution in [2.75, 3.05) is 6.54 Å². The number of aromatic amines is 1. The van der Waals surface area contributed by atoms with E-state index in [1.165, 1.54) is 4.98 Å². The van der Waals surface area contributed by atoms with Gasteiger partial charge in [-0.25, -0.2) is 4.79 Å². The predicted molar refractivity (Wildman–Crippen MR) is 45.4 cm³/mol. The van der Waals surface area contributed by atoms with Gasteiger partial charge in [-0.15, -0.1) is 0 Å². The average molecular weight is 241 g/mol. The highest BCUT2D eigenvalue weighted by Gasteiger charge is 2.40. The minimum atomic E-state index is -4.80. The monoisotopic (exact) mass is 241 g/mol. The molecule has 1 atom stereocenters. The largest absolute Gasteiger partial charge is 0.410 e. The Morgan fingerprint density at radius 3 is 2.44 bits per heavy atom. The number of alkyl halides is 3. The molecule has 3 N–H and O–H groups in total. The zero-order chi connectivity index (χ0) is 12.5. The zero-order valence-corrected chi connectivity index (χ0v) is 7.71. The molecule has 0 amide bonds. The van der Waals surface area contributed by atoms with Crippen LogP contribution in [0.25, 0.3) is 0 Å². The van der Waals surface area contributed by atoms with Gasteiger partial charge in [0.1, 0.15) is 6.04 Å². The van der Waals surface area contributed by atoms with Crippen LogP contribution >= 0.6 is 0 Å². The summed E-state index contributed by atoms with van der Waals surface area (Å²) in [5.74, 6) is -1.48. The van der Waals surface area contributed by atoms with Crippen molar-refractivity contribution in [1.29, 1.82) is 0 Å². The summed E-state index contributed by atoms with van der Waals surface area (Å²) in [5, 5.41) is 0. The Balaban J connectivity index is 3.38. The molecule has 1 aromatic rings. The van der Waals surface area contributed by atoms with E-state index in [9.17, 15) is 27.2 Å². The van der Waals surface area contributed by atoms with Gasteiger partial charge in [0.25, 0.3) is 5.56 Å². The lowest BCUT2D eigenvalue weighted by molar-refractivity contribution is -0.166. The quantitative estimate of drug-likeness (QED) is 0.700. The summed E-state index contributed by atoms with van der Waals surface area (Å²) >= 11 is 0. The van der Waals surface area contributed by atoms with Crippen molar-refractivity contribution < 1.29 is 17.6 Å². The molecule has 1 heterocycles. The molecule has 0 radical (unpaired) electrons. The van der Waals surface area contributed by atoms with Gasteiger partial charge in [0.2, 0.25) is 5.82 Å². The molecule has 0 bridgehead atoms. The first-order valence-corrected chi connectivity index (χ1v) is 4.05. The van der Waals surface area contributed by atoms with E-state index < -0.39 is 35.8 Å². The molecule has 0 aliphatic heterocycles. The van der Waals surface area contributed by atoms with Crippen LogP contribution in [-0.2, 0) is 0 Å². The maximum absolute atomic E-state index is 12.7. The Hall–Kier alpha value is -1.64. The van der Waals surface area contributed by atoms with E-state index in [1.54, 1.807) is 0 Å². The fourth-order valence-corrected chi connectivity index (χ4v) is 1.10. The first-order valence-electron chi connectivity index (χ1n) is 4.05. The second-order valence-electron chi connectivity index (χ2n) is 2.94. The third kappa shape index (κ3) is 2.30. The summed E-state index contributed by atoms with van der Waals surface area (Å²) in [5.41, 5.74) is 2.12. The lowest BCUT2D eigenvalue weighted by atomic mass is 10.3. The summed E-state index contributed by atoms with van der Waals surface area (Å²) in [4.78, 5) is 23.0. The number of nitrogens with zero attached hydrogens (tertiary/aromatic N) is 1. The molecule has 5 nitrogen and oxygen atoms in total. The highest BCUT2D eigenvalue weighted by Crippen LogP contribution is 2.28. The van der Waals surface area contributed by atoms with E-state index in [0.717, 1.165) is 0 Å². The Morgan fingerprint density at radius 1 is 1.44 bits per heavy atom. The van der Waals surface area contributed by atoms with Crippen molar-refractivity contribution in [3.63, 3.8) is 0 Å². The van der Waals surface area contributed by atoms with Crippen LogP contribution in [-0.4, -0.2) is 22.3 Å². The number of nitrogens with one attached hydrogen (secondary N) is 1. The average Bonchev–Trinajstić information content (AvgIpc) is 2.12. The van der Waals surface area contributed by atoms with Crippen LogP contribution in [0.4, 0.5) is 17.6 Å². The maximum atomic E-state index is 12.7. The Morgan fingerprint density at radius 2 is 2.00 bits per heavy atom. The smallest absolute Gasteiger partial charge is 0.328 e. The Bertz CT molecular complexity index is 490. The Labute approximate surface area is 85.5 Å². The van der Waals surface area contributed by atoms with Crippen LogP contribution in [0.5, 0.6) is 0 Å². The molecule has 0 aliphatic rings. The van der Waals surface area contributed by atoms with Gasteiger partial charge in [0.15, 0.2) is 0 Å². The first-order chi connectivity index (χ1) is 7.27. The number of H-pyrrole nitrogens is 1. The predicted octanol–water partition coefficient (Wildman–Crippen LogP) is -0.262. The van der Waals surface area contributed by atoms with Crippen molar-refractivity contribution in [3.05, 3.63) is 32.9 Å². The van der Waals surface area contributed by atoms with Crippen LogP contribution in [0.15, 0.2) is 15.8 Å². The first kappa shape index (κ1) is 12.4. The number of nitrogens with two attached hydrogens (primary N) is 1. The minimum absolute atomic E-state index is 0.0106. The number of aromatic nitrogens is 2. The van der Waals surface area contributed by atoms with Crippen molar-refractivity contribution in [1.82, 2.24) is 9.55 Å². The molecular weight excluding hydrogens is 234 g/mol. The molecule has 9 heteroatoms. The lowest BCUT2D eigenvalue weighted by Crippen LogP contribution is -2.42. The van der Waals surface area contributed by atoms with Crippen LogP contribution in [0, 0.1) is 5.82 Å². The third-order valence-electron chi connectivity index (χ3n) is 1.86. The van der Waals surface area contributed by atoms with Gasteiger partial charge >= 0.3 is 11.9 Å². The van der Waals surface area contributed by atoms with E-state index in [2.05, 4.69) is 0 Å². The molecule has 1 unspecified atom stereocenters. The van der Waals surface area contributed by atoms with Gasteiger partial charge in [-0.1, -0.05) is 0 Å². The molecule has 0 aliphatic carbocycles. The van der Waals surface area contributed by atoms with E-state index >= 15 is 0 Å².